The molecular weight excluding hydrogens is 508 g/mol. The van der Waals surface area contributed by atoms with Crippen LogP contribution in [-0.2, 0) is 6.42 Å². The molecule has 39 heavy (non-hydrogen) atoms. The number of fused-ring (bicyclic) bond motifs is 1. The second kappa shape index (κ2) is 10.8. The van der Waals surface area contributed by atoms with E-state index in [1.807, 2.05) is 32.0 Å². The van der Waals surface area contributed by atoms with E-state index in [9.17, 15) is 22.4 Å². The van der Waals surface area contributed by atoms with Crippen LogP contribution in [0.5, 0.6) is 0 Å². The predicted octanol–water partition coefficient (Wildman–Crippen LogP) is 7.42. The van der Waals surface area contributed by atoms with Crippen LogP contribution in [0.4, 0.5) is 23.2 Å². The van der Waals surface area contributed by atoms with E-state index in [1.165, 1.54) is 25.0 Å². The van der Waals surface area contributed by atoms with Gasteiger partial charge >= 0.3 is 6.18 Å². The van der Waals surface area contributed by atoms with Crippen molar-refractivity contribution in [2.75, 3.05) is 11.9 Å². The fourth-order valence-corrected chi connectivity index (χ4v) is 4.95. The summed E-state index contributed by atoms with van der Waals surface area (Å²) in [6.07, 6.45) is -0.0816. The third-order valence-electron chi connectivity index (χ3n) is 7.14. The fourth-order valence-electron chi connectivity index (χ4n) is 4.95. The molecule has 204 valence electrons. The largest absolute Gasteiger partial charge is 0.390 e. The van der Waals surface area contributed by atoms with Gasteiger partial charge in [-0.1, -0.05) is 44.0 Å². The average Bonchev–Trinajstić information content (AvgIpc) is 3.58. The molecule has 1 aliphatic carbocycles. The lowest BCUT2D eigenvalue weighted by molar-refractivity contribution is -0.131. The first-order chi connectivity index (χ1) is 18.6. The van der Waals surface area contributed by atoms with Crippen molar-refractivity contribution in [3.63, 3.8) is 0 Å². The molecule has 2 aromatic carbocycles. The molecule has 0 bridgehead atoms. The smallest absolute Gasteiger partial charge is 0.382 e. The molecule has 2 aromatic heterocycles. The van der Waals surface area contributed by atoms with Crippen molar-refractivity contribution < 1.29 is 22.4 Å². The summed E-state index contributed by atoms with van der Waals surface area (Å²) in [5.41, 5.74) is 4.96. The minimum atomic E-state index is -4.30. The Labute approximate surface area is 224 Å². The van der Waals surface area contributed by atoms with E-state index in [0.717, 1.165) is 17.5 Å². The Morgan fingerprint density at radius 2 is 1.95 bits per heavy atom. The number of anilines is 1. The van der Waals surface area contributed by atoms with Crippen LogP contribution in [0.1, 0.15) is 59.8 Å². The van der Waals surface area contributed by atoms with Crippen molar-refractivity contribution in [1.29, 1.82) is 0 Å². The first-order valence-electron chi connectivity index (χ1n) is 13.2. The number of Topliss-reactive ketones (excluding diaryl/α,β-unsaturated/α-hetero) is 1. The van der Waals surface area contributed by atoms with Crippen LogP contribution in [0, 0.1) is 24.6 Å². The van der Waals surface area contributed by atoms with E-state index >= 15 is 0 Å². The van der Waals surface area contributed by atoms with Gasteiger partial charge in [0.1, 0.15) is 5.82 Å². The molecule has 1 saturated carbocycles. The van der Waals surface area contributed by atoms with Gasteiger partial charge in [-0.05, 0) is 54.7 Å². The van der Waals surface area contributed by atoms with Gasteiger partial charge in [0, 0.05) is 30.0 Å². The summed E-state index contributed by atoms with van der Waals surface area (Å²) in [6, 6.07) is 13.4. The summed E-state index contributed by atoms with van der Waals surface area (Å²) < 4.78 is 53.8. The highest BCUT2D eigenvalue weighted by atomic mass is 19.4. The zero-order valence-electron chi connectivity index (χ0n) is 21.9. The predicted molar refractivity (Wildman–Crippen MR) is 142 cm³/mol. The third-order valence-corrected chi connectivity index (χ3v) is 7.14. The molecule has 5 nitrogen and oxygen atoms in total. The number of aromatic nitrogens is 3. The first-order valence-corrected chi connectivity index (χ1v) is 13.2. The number of carbonyl (C=O) groups is 1. The van der Waals surface area contributed by atoms with Crippen molar-refractivity contribution in [1.82, 2.24) is 14.6 Å². The summed E-state index contributed by atoms with van der Waals surface area (Å²) in [5.74, 6) is 0.385. The number of ketones is 1. The quantitative estimate of drug-likeness (QED) is 0.169. The summed E-state index contributed by atoms with van der Waals surface area (Å²) in [6.45, 7) is 3.56. The number of nitrogens with one attached hydrogen (secondary N) is 1. The van der Waals surface area contributed by atoms with Crippen LogP contribution < -0.4 is 5.32 Å². The Balaban J connectivity index is 1.49. The molecule has 1 fully saturated rings. The van der Waals surface area contributed by atoms with Crippen LogP contribution >= 0.6 is 0 Å². The van der Waals surface area contributed by atoms with E-state index in [4.69, 9.17) is 5.10 Å². The third kappa shape index (κ3) is 6.46. The Hall–Kier alpha value is -3.75. The number of carbonyl (C=O) groups excluding carboxylic acids is 1. The van der Waals surface area contributed by atoms with E-state index in [-0.39, 0.29) is 30.5 Å². The Morgan fingerprint density at radius 3 is 2.64 bits per heavy atom. The molecule has 0 spiro atoms. The molecule has 1 N–H and O–H groups in total. The second-order valence-electron chi connectivity index (χ2n) is 10.5. The van der Waals surface area contributed by atoms with Crippen LogP contribution in [0.2, 0.25) is 0 Å². The molecule has 1 atom stereocenters. The molecular formula is C30H30F4N4O. The van der Waals surface area contributed by atoms with Crippen LogP contribution in [0.25, 0.3) is 16.9 Å². The zero-order valence-corrected chi connectivity index (χ0v) is 21.9. The monoisotopic (exact) mass is 538 g/mol. The van der Waals surface area contributed by atoms with Gasteiger partial charge in [0.2, 0.25) is 0 Å². The van der Waals surface area contributed by atoms with Crippen LogP contribution in [0.3, 0.4) is 0 Å². The summed E-state index contributed by atoms with van der Waals surface area (Å²) in [5, 5.41) is 7.56. The molecule has 5 rings (SSSR count). The summed E-state index contributed by atoms with van der Waals surface area (Å²) in [7, 11) is 0. The highest BCUT2D eigenvalue weighted by Crippen LogP contribution is 2.36. The van der Waals surface area contributed by atoms with E-state index in [0.29, 0.717) is 39.8 Å². The van der Waals surface area contributed by atoms with E-state index in [1.54, 1.807) is 28.9 Å². The minimum Gasteiger partial charge on any atom is -0.382 e. The molecule has 1 aliphatic rings. The zero-order chi connectivity index (χ0) is 27.7. The van der Waals surface area contributed by atoms with Crippen molar-refractivity contribution in [3.8, 4) is 11.3 Å². The van der Waals surface area contributed by atoms with E-state index in [2.05, 4.69) is 10.3 Å². The fraction of sp³-hybridized carbons (Fsp3) is 0.367. The number of rotatable bonds is 10. The summed E-state index contributed by atoms with van der Waals surface area (Å²) in [4.78, 5) is 17.5. The number of imidazole rings is 1. The lowest BCUT2D eigenvalue weighted by atomic mass is 9.91. The lowest BCUT2D eigenvalue weighted by Gasteiger charge is -2.14. The topological polar surface area (TPSA) is 59.3 Å². The van der Waals surface area contributed by atoms with Crippen molar-refractivity contribution in [3.05, 3.63) is 82.9 Å². The molecule has 0 radical (unpaired) electrons. The molecule has 0 aliphatic heterocycles. The SMILES string of the molecule is Cc1cc(-c2cnc3c(NCCC(F)(F)F)cc(Cc4cccc(F)c4)nn23)ccc1C(=O)C(C)CC1CC1. The van der Waals surface area contributed by atoms with Crippen molar-refractivity contribution in [2.24, 2.45) is 11.8 Å². The second-order valence-corrected chi connectivity index (χ2v) is 10.5. The number of hydrogen-bond acceptors (Lipinski definition) is 4. The van der Waals surface area contributed by atoms with Gasteiger partial charge in [-0.2, -0.15) is 18.3 Å². The average molecular weight is 539 g/mol. The Bertz CT molecular complexity index is 1510. The number of alkyl halides is 3. The molecule has 2 heterocycles. The number of aryl methyl sites for hydroxylation is 1. The standard InChI is InChI=1S/C30H30F4N4O/c1-18-13-22(8-9-25(18)28(39)19(2)12-20-6-7-20)27-17-36-29-26(35-11-10-30(32,33)34)16-24(37-38(27)29)15-21-4-3-5-23(31)14-21/h3-5,8-9,13-14,16-17,19-20,35H,6-7,10-12,15H2,1-2H3. The summed E-state index contributed by atoms with van der Waals surface area (Å²) >= 11 is 0. The lowest BCUT2D eigenvalue weighted by Crippen LogP contribution is -2.15. The van der Waals surface area contributed by atoms with E-state index < -0.39 is 12.6 Å². The minimum absolute atomic E-state index is 0.0322. The normalized spacial score (nSPS) is 14.5. The molecule has 0 saturated heterocycles. The highest BCUT2D eigenvalue weighted by Gasteiger charge is 2.28. The van der Waals surface area contributed by atoms with Crippen molar-refractivity contribution >= 4 is 17.1 Å². The number of halogens is 4. The van der Waals surface area contributed by atoms with Crippen LogP contribution in [-0.4, -0.2) is 33.1 Å². The van der Waals surface area contributed by atoms with Gasteiger partial charge in [-0.25, -0.2) is 13.9 Å². The molecule has 9 heteroatoms. The molecule has 1 unspecified atom stereocenters. The maximum absolute atomic E-state index is 13.8. The number of benzene rings is 2. The van der Waals surface area contributed by atoms with Crippen molar-refractivity contribution in [2.45, 2.75) is 52.1 Å². The number of nitrogens with zero attached hydrogens (tertiary/aromatic N) is 3. The van der Waals surface area contributed by atoms with Gasteiger partial charge in [0.25, 0.3) is 0 Å². The highest BCUT2D eigenvalue weighted by molar-refractivity contribution is 5.99. The van der Waals surface area contributed by atoms with Gasteiger partial charge in [-0.15, -0.1) is 0 Å². The Kier molecular flexibility index (Phi) is 7.42. The first kappa shape index (κ1) is 26.8. The van der Waals surface area contributed by atoms with Gasteiger partial charge in [-0.3, -0.25) is 4.79 Å². The molecule has 4 aromatic rings. The Morgan fingerprint density at radius 1 is 1.15 bits per heavy atom. The van der Waals surface area contributed by atoms with Gasteiger partial charge in [0.15, 0.2) is 11.4 Å². The number of hydrogen-bond donors (Lipinski definition) is 1. The van der Waals surface area contributed by atoms with Gasteiger partial charge < -0.3 is 5.32 Å². The molecule has 0 amide bonds. The van der Waals surface area contributed by atoms with Crippen LogP contribution in [0.15, 0.2) is 54.7 Å². The maximum atomic E-state index is 13.8. The maximum Gasteiger partial charge on any atom is 0.390 e. The van der Waals surface area contributed by atoms with Gasteiger partial charge in [0.05, 0.1) is 29.7 Å².